The number of hydrogen-bond donors (Lipinski definition) is 4. The van der Waals surface area contributed by atoms with E-state index in [-0.39, 0.29) is 34.5 Å². The molecule has 1 aliphatic rings. The Morgan fingerprint density at radius 1 is 1.14 bits per heavy atom. The molecule has 14 heteroatoms. The highest BCUT2D eigenvalue weighted by Gasteiger charge is 2.32. The number of aromatic carboxylic acids is 1. The Morgan fingerprint density at radius 2 is 2.00 bits per heavy atom. The van der Waals surface area contributed by atoms with E-state index < -0.39 is 23.7 Å². The van der Waals surface area contributed by atoms with E-state index in [1.807, 2.05) is 0 Å². The van der Waals surface area contributed by atoms with Crippen LogP contribution in [0.1, 0.15) is 28.9 Å². The number of carbonyl (C=O) groups is 2. The molecule has 4 heterocycles. The summed E-state index contributed by atoms with van der Waals surface area (Å²) in [4.78, 5) is 38.1. The quantitative estimate of drug-likeness (QED) is 0.216. The van der Waals surface area contributed by atoms with E-state index in [2.05, 4.69) is 31.0 Å². The Bertz CT molecular complexity index is 1920. The highest BCUT2D eigenvalue weighted by molar-refractivity contribution is 6.31. The van der Waals surface area contributed by atoms with Crippen LogP contribution in [0, 0.1) is 5.82 Å². The lowest BCUT2D eigenvalue weighted by Gasteiger charge is -2.27. The molecule has 42 heavy (non-hydrogen) atoms. The molecule has 1 atom stereocenters. The van der Waals surface area contributed by atoms with Gasteiger partial charge in [-0.3, -0.25) is 10.1 Å². The first-order valence-corrected chi connectivity index (χ1v) is 12.8. The highest BCUT2D eigenvalue weighted by Crippen LogP contribution is 2.36. The summed E-state index contributed by atoms with van der Waals surface area (Å²) < 4.78 is 20.9. The fourth-order valence-corrected chi connectivity index (χ4v) is 4.71. The molecule has 210 valence electrons. The maximum absolute atomic E-state index is 13.6. The van der Waals surface area contributed by atoms with Crippen LogP contribution in [0.25, 0.3) is 16.8 Å². The van der Waals surface area contributed by atoms with Gasteiger partial charge in [0.2, 0.25) is 5.96 Å². The summed E-state index contributed by atoms with van der Waals surface area (Å²) in [6.45, 7) is 1.67. The van der Waals surface area contributed by atoms with Crippen molar-refractivity contribution in [2.24, 2.45) is 4.99 Å². The zero-order chi connectivity index (χ0) is 29.4. The highest BCUT2D eigenvalue weighted by atomic mass is 35.5. The van der Waals surface area contributed by atoms with Gasteiger partial charge in [0.15, 0.2) is 5.58 Å². The second-order valence-electron chi connectivity index (χ2n) is 9.15. The van der Waals surface area contributed by atoms with Crippen LogP contribution in [-0.4, -0.2) is 42.7 Å². The predicted octanol–water partition coefficient (Wildman–Crippen LogP) is 4.92. The van der Waals surface area contributed by atoms with Gasteiger partial charge in [0.1, 0.15) is 23.2 Å². The molecule has 6 rings (SSSR count). The smallest absolute Gasteiger partial charge is 0.335 e. The molecule has 5 aromatic rings. The monoisotopic (exact) mass is 586 g/mol. The number of carboxylic acid groups (broad SMARTS) is 1. The SMILES string of the molecule is CC1=C(C(=O)Nc2cc(C(=O)O)ccn2)C(c2ccc(-n3cccn3)cc2Cl)N=C(Nc2nc3ccc(F)cc3o2)N1. The van der Waals surface area contributed by atoms with Crippen molar-refractivity contribution in [2.45, 2.75) is 13.0 Å². The van der Waals surface area contributed by atoms with Gasteiger partial charge in [0.25, 0.3) is 5.91 Å². The Hall–Kier alpha value is -5.56. The van der Waals surface area contributed by atoms with Crippen LogP contribution in [0.3, 0.4) is 0 Å². The van der Waals surface area contributed by atoms with E-state index in [0.29, 0.717) is 27.5 Å². The number of nitrogens with zero attached hydrogens (tertiary/aromatic N) is 5. The topological polar surface area (TPSA) is 160 Å². The minimum atomic E-state index is -1.16. The van der Waals surface area contributed by atoms with Crippen molar-refractivity contribution in [1.29, 1.82) is 0 Å². The zero-order valence-corrected chi connectivity index (χ0v) is 22.4. The van der Waals surface area contributed by atoms with Gasteiger partial charge in [0, 0.05) is 40.9 Å². The van der Waals surface area contributed by atoms with Crippen molar-refractivity contribution in [2.75, 3.05) is 10.6 Å². The number of carboxylic acids is 1. The molecular weight excluding hydrogens is 567 g/mol. The summed E-state index contributed by atoms with van der Waals surface area (Å²) in [7, 11) is 0. The Labute approximate surface area is 241 Å². The molecular formula is C28H20ClFN8O4. The number of carbonyl (C=O) groups excluding carboxylic acids is 1. The number of aromatic nitrogens is 4. The average molecular weight is 587 g/mol. The number of allylic oxidation sites excluding steroid dienone is 1. The molecule has 0 saturated heterocycles. The third-order valence-electron chi connectivity index (χ3n) is 6.36. The van der Waals surface area contributed by atoms with Crippen molar-refractivity contribution >= 4 is 52.4 Å². The van der Waals surface area contributed by atoms with Crippen molar-refractivity contribution in [3.05, 3.63) is 106 Å². The van der Waals surface area contributed by atoms with E-state index in [9.17, 15) is 19.1 Å². The number of nitrogens with one attached hydrogen (secondary N) is 3. The standard InChI is InChI=1S/C28H20ClFN8O4/c1-14-23(25(39)35-22-11-15(26(40)41)7-9-31-22)24(18-5-4-17(13-19(18)29)38-10-2-8-32-38)36-27(33-14)37-28-34-20-6-3-16(30)12-21(20)42-28/h2-13,24H,1H3,(H,40,41)(H,31,35,39)(H2,33,34,36,37). The molecule has 0 aliphatic carbocycles. The Kier molecular flexibility index (Phi) is 6.84. The van der Waals surface area contributed by atoms with Crippen molar-refractivity contribution in [1.82, 2.24) is 25.1 Å². The van der Waals surface area contributed by atoms with E-state index in [0.717, 1.165) is 0 Å². The van der Waals surface area contributed by atoms with Gasteiger partial charge < -0.3 is 20.2 Å². The summed E-state index contributed by atoms with van der Waals surface area (Å²) in [5.74, 6) is -1.96. The van der Waals surface area contributed by atoms with Crippen LogP contribution >= 0.6 is 11.6 Å². The first kappa shape index (κ1) is 26.7. The van der Waals surface area contributed by atoms with Crippen molar-refractivity contribution < 1.29 is 23.5 Å². The van der Waals surface area contributed by atoms with Crippen LogP contribution < -0.4 is 16.0 Å². The van der Waals surface area contributed by atoms with Crippen LogP contribution in [0.15, 0.2) is 93.9 Å². The number of anilines is 2. The fourth-order valence-electron chi connectivity index (χ4n) is 4.43. The number of halogens is 2. The largest absolute Gasteiger partial charge is 0.478 e. The molecule has 1 unspecified atom stereocenters. The fraction of sp³-hybridized carbons (Fsp3) is 0.0714. The van der Waals surface area contributed by atoms with E-state index >= 15 is 0 Å². The Balaban J connectivity index is 1.37. The maximum atomic E-state index is 13.6. The van der Waals surface area contributed by atoms with Gasteiger partial charge in [-0.2, -0.15) is 10.1 Å². The summed E-state index contributed by atoms with van der Waals surface area (Å²) in [6.07, 6.45) is 4.69. The lowest BCUT2D eigenvalue weighted by atomic mass is 9.95. The summed E-state index contributed by atoms with van der Waals surface area (Å²) in [5.41, 5.74) is 2.47. The van der Waals surface area contributed by atoms with Gasteiger partial charge in [-0.25, -0.2) is 23.8 Å². The maximum Gasteiger partial charge on any atom is 0.335 e. The Morgan fingerprint density at radius 3 is 2.76 bits per heavy atom. The lowest BCUT2D eigenvalue weighted by Crippen LogP contribution is -2.37. The van der Waals surface area contributed by atoms with Gasteiger partial charge >= 0.3 is 12.0 Å². The van der Waals surface area contributed by atoms with Crippen LogP contribution in [0.2, 0.25) is 5.02 Å². The van der Waals surface area contributed by atoms with Crippen LogP contribution in [-0.2, 0) is 4.79 Å². The van der Waals surface area contributed by atoms with E-state index in [1.54, 1.807) is 48.3 Å². The molecule has 0 spiro atoms. The average Bonchev–Trinajstić information content (AvgIpc) is 3.62. The van der Waals surface area contributed by atoms with Gasteiger partial charge in [-0.15, -0.1) is 0 Å². The minimum Gasteiger partial charge on any atom is -0.478 e. The number of aliphatic imine (C=N–C) groups is 1. The van der Waals surface area contributed by atoms with Crippen LogP contribution in [0.4, 0.5) is 16.2 Å². The molecule has 12 nitrogen and oxygen atoms in total. The molecule has 3 aromatic heterocycles. The number of pyridine rings is 1. The summed E-state index contributed by atoms with van der Waals surface area (Å²) in [5, 5.41) is 22.5. The molecule has 1 aliphatic heterocycles. The number of fused-ring (bicyclic) bond motifs is 1. The minimum absolute atomic E-state index is 0.0377. The predicted molar refractivity (Wildman–Crippen MR) is 152 cm³/mol. The second kappa shape index (κ2) is 10.8. The number of benzene rings is 2. The zero-order valence-electron chi connectivity index (χ0n) is 21.7. The number of guanidine groups is 1. The van der Waals surface area contributed by atoms with E-state index in [1.165, 1.54) is 36.5 Å². The molecule has 1 amide bonds. The molecule has 0 bridgehead atoms. The first-order valence-electron chi connectivity index (χ1n) is 12.4. The van der Waals surface area contributed by atoms with Crippen molar-refractivity contribution in [3.63, 3.8) is 0 Å². The number of hydrogen-bond acceptors (Lipinski definition) is 9. The molecule has 0 saturated carbocycles. The van der Waals surface area contributed by atoms with Gasteiger partial charge in [0.05, 0.1) is 16.8 Å². The second-order valence-corrected chi connectivity index (χ2v) is 9.55. The third-order valence-corrected chi connectivity index (χ3v) is 6.69. The molecule has 0 radical (unpaired) electrons. The van der Waals surface area contributed by atoms with E-state index in [4.69, 9.17) is 21.0 Å². The number of amides is 1. The lowest BCUT2D eigenvalue weighted by molar-refractivity contribution is -0.113. The van der Waals surface area contributed by atoms with Crippen LogP contribution in [0.5, 0.6) is 0 Å². The van der Waals surface area contributed by atoms with Gasteiger partial charge in [-0.1, -0.05) is 17.7 Å². The molecule has 4 N–H and O–H groups in total. The normalized spacial score (nSPS) is 14.8. The molecule has 0 fully saturated rings. The van der Waals surface area contributed by atoms with Gasteiger partial charge in [-0.05, 0) is 49.4 Å². The van der Waals surface area contributed by atoms with Crippen molar-refractivity contribution in [3.8, 4) is 5.69 Å². The number of oxazole rings is 1. The first-order chi connectivity index (χ1) is 20.2. The number of rotatable bonds is 6. The summed E-state index contributed by atoms with van der Waals surface area (Å²) >= 11 is 6.74. The molecule has 2 aromatic carbocycles. The summed E-state index contributed by atoms with van der Waals surface area (Å²) in [6, 6.07) is 12.7. The third kappa shape index (κ3) is 5.28.